The van der Waals surface area contributed by atoms with Crippen molar-refractivity contribution in [1.82, 2.24) is 4.90 Å². The van der Waals surface area contributed by atoms with Crippen molar-refractivity contribution in [2.45, 2.75) is 41.2 Å². The second kappa shape index (κ2) is 14.3. The van der Waals surface area contributed by atoms with E-state index >= 15 is 0 Å². The SMILES string of the molecule is CS(=O)(=O)OCN1C(=O)OCC1(CCCc1ccc(Sc2cccc(OCc3ccccc3)c2)cc1Cl)COS(C)(=O)=O. The van der Waals surface area contributed by atoms with Gasteiger partial charge in [0.15, 0.2) is 0 Å². The maximum atomic E-state index is 12.4. The largest absolute Gasteiger partial charge is 0.489 e. The van der Waals surface area contributed by atoms with Gasteiger partial charge >= 0.3 is 6.09 Å². The second-order valence-electron chi connectivity index (χ2n) is 10.1. The molecule has 232 valence electrons. The third kappa shape index (κ3) is 10.1. The minimum absolute atomic E-state index is 0.189. The summed E-state index contributed by atoms with van der Waals surface area (Å²) in [6.45, 7) is -0.760. The van der Waals surface area contributed by atoms with E-state index in [9.17, 15) is 21.6 Å². The van der Waals surface area contributed by atoms with Crippen LogP contribution in [-0.2, 0) is 46.4 Å². The zero-order chi connectivity index (χ0) is 31.1. The van der Waals surface area contributed by atoms with E-state index in [4.69, 9.17) is 29.4 Å². The Balaban J connectivity index is 1.39. The Kier molecular flexibility index (Phi) is 11.0. The molecule has 1 unspecified atom stereocenters. The Morgan fingerprint density at radius 1 is 0.930 bits per heavy atom. The summed E-state index contributed by atoms with van der Waals surface area (Å²) in [7, 11) is -7.73. The van der Waals surface area contributed by atoms with Gasteiger partial charge in [-0.3, -0.25) is 9.08 Å². The van der Waals surface area contributed by atoms with E-state index in [0.717, 1.165) is 44.1 Å². The topological polar surface area (TPSA) is 126 Å². The molecular weight excluding hydrogens is 638 g/mol. The van der Waals surface area contributed by atoms with Crippen LogP contribution in [0.4, 0.5) is 4.79 Å². The van der Waals surface area contributed by atoms with Crippen molar-refractivity contribution in [2.24, 2.45) is 0 Å². The van der Waals surface area contributed by atoms with E-state index in [0.29, 0.717) is 24.5 Å². The van der Waals surface area contributed by atoms with E-state index in [1.807, 2.05) is 72.8 Å². The van der Waals surface area contributed by atoms with Gasteiger partial charge in [-0.25, -0.2) is 8.98 Å². The summed E-state index contributed by atoms with van der Waals surface area (Å²) in [5.41, 5.74) is 0.689. The number of hydrogen-bond acceptors (Lipinski definition) is 10. The van der Waals surface area contributed by atoms with E-state index in [1.54, 1.807) is 11.8 Å². The molecule has 0 bridgehead atoms. The molecule has 10 nitrogen and oxygen atoms in total. The van der Waals surface area contributed by atoms with Gasteiger partial charge in [-0.15, -0.1) is 0 Å². The fourth-order valence-corrected chi connectivity index (χ4v) is 6.38. The van der Waals surface area contributed by atoms with Crippen LogP contribution < -0.4 is 4.74 Å². The minimum atomic E-state index is -3.88. The molecule has 1 aliphatic rings. The number of benzene rings is 3. The monoisotopic (exact) mass is 669 g/mol. The van der Waals surface area contributed by atoms with Crippen LogP contribution in [0.2, 0.25) is 5.02 Å². The molecule has 0 radical (unpaired) electrons. The molecule has 43 heavy (non-hydrogen) atoms. The zero-order valence-corrected chi connectivity index (χ0v) is 26.8. The van der Waals surface area contributed by atoms with Crippen LogP contribution in [0.3, 0.4) is 0 Å². The normalized spacial score (nSPS) is 17.2. The first-order valence-electron chi connectivity index (χ1n) is 13.2. The summed E-state index contributed by atoms with van der Waals surface area (Å²) in [4.78, 5) is 15.4. The highest BCUT2D eigenvalue weighted by Gasteiger charge is 2.48. The number of nitrogens with zero attached hydrogens (tertiary/aromatic N) is 1. The summed E-state index contributed by atoms with van der Waals surface area (Å²) in [5.74, 6) is 0.760. The number of cyclic esters (lactones) is 1. The number of halogens is 1. The van der Waals surface area contributed by atoms with E-state index < -0.39 is 45.2 Å². The summed E-state index contributed by atoms with van der Waals surface area (Å²) < 4.78 is 67.5. The molecule has 0 saturated carbocycles. The third-order valence-electron chi connectivity index (χ3n) is 6.60. The number of carbonyl (C=O) groups excluding carboxylic acids is 1. The predicted octanol–water partition coefficient (Wildman–Crippen LogP) is 5.49. The van der Waals surface area contributed by atoms with Crippen molar-refractivity contribution in [3.05, 3.63) is 88.9 Å². The maximum Gasteiger partial charge on any atom is 0.412 e. The quantitative estimate of drug-likeness (QED) is 0.192. The number of ether oxygens (including phenoxy) is 2. The second-order valence-corrected chi connectivity index (χ2v) is 14.9. The third-order valence-corrected chi connectivity index (χ3v) is 9.01. The van der Waals surface area contributed by atoms with Crippen LogP contribution in [0.5, 0.6) is 5.75 Å². The fraction of sp³-hybridized carbons (Fsp3) is 0.345. The molecule has 1 atom stereocenters. The van der Waals surface area contributed by atoms with Gasteiger partial charge in [0.05, 0.1) is 19.1 Å². The van der Waals surface area contributed by atoms with Gasteiger partial charge < -0.3 is 9.47 Å². The van der Waals surface area contributed by atoms with Gasteiger partial charge in [0.2, 0.25) is 0 Å². The van der Waals surface area contributed by atoms with Gasteiger partial charge in [-0.1, -0.05) is 65.8 Å². The minimum Gasteiger partial charge on any atom is -0.489 e. The Labute approximate surface area is 261 Å². The van der Waals surface area contributed by atoms with Gasteiger partial charge in [0.1, 0.15) is 31.2 Å². The molecule has 1 heterocycles. The molecule has 4 rings (SSSR count). The highest BCUT2D eigenvalue weighted by molar-refractivity contribution is 7.99. The van der Waals surface area contributed by atoms with Crippen molar-refractivity contribution < 1.29 is 39.5 Å². The Hall–Kier alpha value is -2.81. The zero-order valence-electron chi connectivity index (χ0n) is 23.6. The molecule has 0 aromatic heterocycles. The molecule has 0 spiro atoms. The van der Waals surface area contributed by atoms with Crippen molar-refractivity contribution in [3.8, 4) is 5.75 Å². The number of aryl methyl sites for hydroxylation is 1. The number of carbonyl (C=O) groups is 1. The van der Waals surface area contributed by atoms with Gasteiger partial charge in [0.25, 0.3) is 20.2 Å². The first-order chi connectivity index (χ1) is 20.3. The van der Waals surface area contributed by atoms with Crippen LogP contribution in [0, 0.1) is 0 Å². The highest BCUT2D eigenvalue weighted by Crippen LogP contribution is 2.35. The fourth-order valence-electron chi connectivity index (χ4n) is 4.41. The summed E-state index contributed by atoms with van der Waals surface area (Å²) in [6.07, 6.45) is 2.12. The molecule has 1 aliphatic heterocycles. The maximum absolute atomic E-state index is 12.4. The Bertz CT molecular complexity index is 1640. The van der Waals surface area contributed by atoms with Crippen molar-refractivity contribution in [1.29, 1.82) is 0 Å². The van der Waals surface area contributed by atoms with Crippen LogP contribution >= 0.6 is 23.4 Å². The van der Waals surface area contributed by atoms with Gasteiger partial charge in [-0.2, -0.15) is 16.8 Å². The van der Waals surface area contributed by atoms with Crippen LogP contribution in [-0.4, -0.2) is 65.8 Å². The molecule has 0 N–H and O–H groups in total. The molecule has 1 fully saturated rings. The molecular formula is C29H32ClNO9S3. The van der Waals surface area contributed by atoms with Crippen molar-refractivity contribution in [2.75, 3.05) is 32.5 Å². The van der Waals surface area contributed by atoms with E-state index in [-0.39, 0.29) is 13.0 Å². The molecule has 1 saturated heterocycles. The smallest absolute Gasteiger partial charge is 0.412 e. The van der Waals surface area contributed by atoms with Gasteiger partial charge in [0, 0.05) is 14.8 Å². The summed E-state index contributed by atoms with van der Waals surface area (Å²) in [6, 6.07) is 23.5. The summed E-state index contributed by atoms with van der Waals surface area (Å²) in [5, 5.41) is 0.555. The van der Waals surface area contributed by atoms with Crippen molar-refractivity contribution >= 4 is 49.7 Å². The predicted molar refractivity (Wildman–Crippen MR) is 163 cm³/mol. The Morgan fingerprint density at radius 3 is 2.35 bits per heavy atom. The Morgan fingerprint density at radius 2 is 1.65 bits per heavy atom. The van der Waals surface area contributed by atoms with Crippen LogP contribution in [0.25, 0.3) is 0 Å². The number of amides is 1. The van der Waals surface area contributed by atoms with E-state index in [2.05, 4.69) is 0 Å². The van der Waals surface area contributed by atoms with E-state index in [1.165, 1.54) is 0 Å². The van der Waals surface area contributed by atoms with Crippen molar-refractivity contribution in [3.63, 3.8) is 0 Å². The lowest BCUT2D eigenvalue weighted by molar-refractivity contribution is 0.0451. The molecule has 1 amide bonds. The summed E-state index contributed by atoms with van der Waals surface area (Å²) >= 11 is 8.17. The molecule has 0 aliphatic carbocycles. The lowest BCUT2D eigenvalue weighted by Crippen LogP contribution is -2.52. The number of rotatable bonds is 15. The first kappa shape index (κ1) is 33.1. The average Bonchev–Trinajstić information content (AvgIpc) is 3.26. The lowest BCUT2D eigenvalue weighted by Gasteiger charge is -2.34. The highest BCUT2D eigenvalue weighted by atomic mass is 35.5. The number of hydrogen-bond donors (Lipinski definition) is 0. The van der Waals surface area contributed by atoms with Gasteiger partial charge in [-0.05, 0) is 60.7 Å². The lowest BCUT2D eigenvalue weighted by atomic mass is 9.92. The molecule has 14 heteroatoms. The standard InChI is InChI=1S/C29H32ClNO9S3/c1-42(33,34)39-20-29(19-38-28(32)31(29)21-40-43(2,35)36)15-7-10-23-13-14-26(17-27(23)30)41-25-12-6-11-24(16-25)37-18-22-8-4-3-5-9-22/h3-6,8-9,11-14,16-17H,7,10,15,18-21H2,1-2H3. The first-order valence-corrected chi connectivity index (χ1v) is 18.0. The molecule has 3 aromatic rings. The molecule has 3 aromatic carbocycles. The van der Waals surface area contributed by atoms with Crippen LogP contribution in [0.15, 0.2) is 82.6 Å². The van der Waals surface area contributed by atoms with Crippen LogP contribution in [0.1, 0.15) is 24.0 Å². The average molecular weight is 670 g/mol.